The summed E-state index contributed by atoms with van der Waals surface area (Å²) in [5.41, 5.74) is 0.895. The molecular weight excluding hydrogens is 356 g/mol. The minimum absolute atomic E-state index is 0.0160. The third-order valence-corrected chi connectivity index (χ3v) is 5.56. The first-order chi connectivity index (χ1) is 12.4. The Morgan fingerprint density at radius 1 is 1.04 bits per heavy atom. The van der Waals surface area contributed by atoms with Gasteiger partial charge >= 0.3 is 0 Å². The Hall–Kier alpha value is -2.74. The van der Waals surface area contributed by atoms with E-state index < -0.39 is 15.9 Å². The normalized spacial score (nSPS) is 10.9. The van der Waals surface area contributed by atoms with Gasteiger partial charge in [-0.2, -0.15) is 0 Å². The van der Waals surface area contributed by atoms with Crippen molar-refractivity contribution < 1.29 is 22.7 Å². The van der Waals surface area contributed by atoms with Gasteiger partial charge in [-0.05, 0) is 24.3 Å². The lowest BCUT2D eigenvalue weighted by Gasteiger charge is -2.19. The Balaban J connectivity index is 1.99. The zero-order valence-electron chi connectivity index (χ0n) is 14.9. The molecule has 0 spiro atoms. The van der Waals surface area contributed by atoms with Crippen molar-refractivity contribution in [3.8, 4) is 11.5 Å². The summed E-state index contributed by atoms with van der Waals surface area (Å²) in [5.74, 6) is 0.335. The average molecular weight is 378 g/mol. The number of para-hydroxylation sites is 1. The topological polar surface area (TPSA) is 84.9 Å². The molecule has 2 aromatic carbocycles. The van der Waals surface area contributed by atoms with Gasteiger partial charge in [0.05, 0.1) is 25.7 Å². The van der Waals surface area contributed by atoms with Gasteiger partial charge in [-0.3, -0.25) is 9.10 Å². The monoisotopic (exact) mass is 378 g/mol. The van der Waals surface area contributed by atoms with Gasteiger partial charge in [0.25, 0.3) is 5.91 Å². The van der Waals surface area contributed by atoms with Crippen LogP contribution in [-0.2, 0) is 10.0 Å². The zero-order chi connectivity index (χ0) is 19.2. The molecule has 26 heavy (non-hydrogen) atoms. The van der Waals surface area contributed by atoms with Gasteiger partial charge in [0.1, 0.15) is 11.5 Å². The molecule has 0 unspecified atom stereocenters. The van der Waals surface area contributed by atoms with E-state index in [2.05, 4.69) is 5.32 Å². The van der Waals surface area contributed by atoms with Gasteiger partial charge in [-0.15, -0.1) is 0 Å². The molecule has 0 aromatic heterocycles. The minimum atomic E-state index is -3.55. The van der Waals surface area contributed by atoms with E-state index in [-0.39, 0.29) is 12.3 Å². The Labute approximate surface area is 153 Å². The van der Waals surface area contributed by atoms with E-state index in [1.807, 2.05) is 6.07 Å². The number of benzene rings is 2. The number of anilines is 1. The van der Waals surface area contributed by atoms with Crippen molar-refractivity contribution in [2.45, 2.75) is 0 Å². The molecule has 2 aromatic rings. The van der Waals surface area contributed by atoms with Crippen molar-refractivity contribution in [1.82, 2.24) is 5.32 Å². The highest BCUT2D eigenvalue weighted by atomic mass is 32.2. The van der Waals surface area contributed by atoms with Crippen molar-refractivity contribution in [1.29, 1.82) is 0 Å². The molecule has 0 fully saturated rings. The van der Waals surface area contributed by atoms with Crippen LogP contribution in [-0.4, -0.2) is 47.9 Å². The second-order valence-corrected chi connectivity index (χ2v) is 7.60. The lowest BCUT2D eigenvalue weighted by atomic mass is 10.2. The van der Waals surface area contributed by atoms with Gasteiger partial charge in [-0.1, -0.05) is 18.2 Å². The Morgan fingerprint density at radius 3 is 2.15 bits per heavy atom. The molecule has 1 N–H and O–H groups in total. The number of hydrogen-bond donors (Lipinski definition) is 1. The summed E-state index contributed by atoms with van der Waals surface area (Å²) < 4.78 is 36.2. The van der Waals surface area contributed by atoms with E-state index in [0.717, 1.165) is 0 Å². The lowest BCUT2D eigenvalue weighted by Crippen LogP contribution is -2.35. The number of rotatable bonds is 8. The highest BCUT2D eigenvalue weighted by molar-refractivity contribution is 7.92. The Morgan fingerprint density at radius 2 is 1.62 bits per heavy atom. The van der Waals surface area contributed by atoms with Crippen LogP contribution in [0.2, 0.25) is 0 Å². The van der Waals surface area contributed by atoms with E-state index in [9.17, 15) is 13.2 Å². The third-order valence-electron chi connectivity index (χ3n) is 3.80. The standard InChI is InChI=1S/C18H22N2O5S/c1-20(15-7-5-4-6-8-15)26(22,23)10-9-19-18(21)14-11-16(24-2)13-17(12-14)25-3/h4-8,11-13H,9-10H2,1-3H3,(H,19,21). The number of amides is 1. The number of nitrogens with zero attached hydrogens (tertiary/aromatic N) is 1. The number of sulfonamides is 1. The fraction of sp³-hybridized carbons (Fsp3) is 0.278. The maximum Gasteiger partial charge on any atom is 0.251 e. The molecule has 0 saturated carbocycles. The highest BCUT2D eigenvalue weighted by Gasteiger charge is 2.18. The first-order valence-corrected chi connectivity index (χ1v) is 9.51. The van der Waals surface area contributed by atoms with E-state index in [1.54, 1.807) is 42.5 Å². The van der Waals surface area contributed by atoms with Crippen LogP contribution in [0.1, 0.15) is 10.4 Å². The van der Waals surface area contributed by atoms with Crippen LogP contribution in [0.3, 0.4) is 0 Å². The van der Waals surface area contributed by atoms with Crippen LogP contribution < -0.4 is 19.1 Å². The molecule has 0 heterocycles. The third kappa shape index (κ3) is 4.89. The largest absolute Gasteiger partial charge is 0.497 e. The fourth-order valence-electron chi connectivity index (χ4n) is 2.27. The molecule has 0 bridgehead atoms. The average Bonchev–Trinajstić information content (AvgIpc) is 2.67. The summed E-state index contributed by atoms with van der Waals surface area (Å²) in [6.45, 7) is -0.0160. The number of methoxy groups -OCH3 is 2. The smallest absolute Gasteiger partial charge is 0.251 e. The number of ether oxygens (including phenoxy) is 2. The van der Waals surface area contributed by atoms with Crippen LogP contribution in [0.25, 0.3) is 0 Å². The zero-order valence-corrected chi connectivity index (χ0v) is 15.7. The van der Waals surface area contributed by atoms with Gasteiger partial charge < -0.3 is 14.8 Å². The van der Waals surface area contributed by atoms with E-state index in [4.69, 9.17) is 9.47 Å². The molecule has 0 aliphatic heterocycles. The molecular formula is C18H22N2O5S. The molecule has 7 nitrogen and oxygen atoms in total. The first-order valence-electron chi connectivity index (χ1n) is 7.90. The number of carbonyl (C=O) groups is 1. The number of carbonyl (C=O) groups excluding carboxylic acids is 1. The van der Waals surface area contributed by atoms with Gasteiger partial charge in [0, 0.05) is 25.2 Å². The molecule has 8 heteroatoms. The summed E-state index contributed by atoms with van der Waals surface area (Å²) >= 11 is 0. The fourth-order valence-corrected chi connectivity index (χ4v) is 3.35. The minimum Gasteiger partial charge on any atom is -0.497 e. The molecule has 0 radical (unpaired) electrons. The van der Waals surface area contributed by atoms with Crippen molar-refractivity contribution >= 4 is 21.6 Å². The first kappa shape index (κ1) is 19.6. The van der Waals surface area contributed by atoms with Crippen LogP contribution in [0.15, 0.2) is 48.5 Å². The second-order valence-electron chi connectivity index (χ2n) is 5.48. The molecule has 1 amide bonds. The Kier molecular flexibility index (Phi) is 6.46. The van der Waals surface area contributed by atoms with E-state index in [0.29, 0.717) is 22.7 Å². The summed E-state index contributed by atoms with van der Waals surface area (Å²) in [7, 11) is 0.915. The predicted octanol–water partition coefficient (Wildman–Crippen LogP) is 1.90. The van der Waals surface area contributed by atoms with E-state index in [1.165, 1.54) is 25.6 Å². The molecule has 0 saturated heterocycles. The highest BCUT2D eigenvalue weighted by Crippen LogP contribution is 2.22. The summed E-state index contributed by atoms with van der Waals surface area (Å²) in [6.07, 6.45) is 0. The van der Waals surface area contributed by atoms with Crippen LogP contribution >= 0.6 is 0 Å². The molecule has 140 valence electrons. The summed E-state index contributed by atoms with van der Waals surface area (Å²) in [6, 6.07) is 13.5. The molecule has 0 aliphatic rings. The SMILES string of the molecule is COc1cc(OC)cc(C(=O)NCCS(=O)(=O)N(C)c2ccccc2)c1. The van der Waals surface area contributed by atoms with E-state index >= 15 is 0 Å². The molecule has 2 rings (SSSR count). The quantitative estimate of drug-likeness (QED) is 0.758. The maximum absolute atomic E-state index is 12.4. The number of nitrogens with one attached hydrogen (secondary N) is 1. The number of hydrogen-bond acceptors (Lipinski definition) is 5. The van der Waals surface area contributed by atoms with Gasteiger partial charge in [0.2, 0.25) is 10.0 Å². The van der Waals surface area contributed by atoms with Crippen molar-refractivity contribution in [3.63, 3.8) is 0 Å². The predicted molar refractivity (Wildman–Crippen MR) is 101 cm³/mol. The van der Waals surface area contributed by atoms with Crippen molar-refractivity contribution in [3.05, 3.63) is 54.1 Å². The second kappa shape index (κ2) is 8.57. The molecule has 0 atom stereocenters. The van der Waals surface area contributed by atoms with Crippen LogP contribution in [0, 0.1) is 0 Å². The summed E-state index contributed by atoms with van der Waals surface area (Å²) in [4.78, 5) is 12.3. The lowest BCUT2D eigenvalue weighted by molar-refractivity contribution is 0.0955. The molecule has 0 aliphatic carbocycles. The van der Waals surface area contributed by atoms with Crippen LogP contribution in [0.4, 0.5) is 5.69 Å². The van der Waals surface area contributed by atoms with Crippen LogP contribution in [0.5, 0.6) is 11.5 Å². The van der Waals surface area contributed by atoms with Crippen molar-refractivity contribution in [2.75, 3.05) is 37.9 Å². The maximum atomic E-state index is 12.4. The van der Waals surface area contributed by atoms with Gasteiger partial charge in [0.15, 0.2) is 0 Å². The van der Waals surface area contributed by atoms with Crippen molar-refractivity contribution in [2.24, 2.45) is 0 Å². The summed E-state index contributed by atoms with van der Waals surface area (Å²) in [5, 5.41) is 2.61. The van der Waals surface area contributed by atoms with Gasteiger partial charge in [-0.25, -0.2) is 8.42 Å². The Bertz CT molecular complexity index is 831.